The largest absolute Gasteiger partial charge is 0.494 e. The fourth-order valence-corrected chi connectivity index (χ4v) is 1.25. The summed E-state index contributed by atoms with van der Waals surface area (Å²) in [5.41, 5.74) is 0.942. The third-order valence-corrected chi connectivity index (χ3v) is 1.89. The van der Waals surface area contributed by atoms with Gasteiger partial charge in [-0.15, -0.1) is 0 Å². The third-order valence-electron chi connectivity index (χ3n) is 1.89. The molecular weight excluding hydrogens is 204 g/mol. The number of hydrogen-bond acceptors (Lipinski definition) is 3. The number of esters is 1. The lowest BCUT2D eigenvalue weighted by atomic mass is 10.1. The molecular formula is C13H20O3. The highest BCUT2D eigenvalue weighted by Crippen LogP contribution is 2.12. The van der Waals surface area contributed by atoms with Crippen LogP contribution in [0.25, 0.3) is 0 Å². The molecule has 0 atom stereocenters. The minimum absolute atomic E-state index is 0. The predicted molar refractivity (Wildman–Crippen MR) is 64.7 cm³/mol. The van der Waals surface area contributed by atoms with Gasteiger partial charge in [-0.2, -0.15) is 0 Å². The van der Waals surface area contributed by atoms with E-state index in [2.05, 4.69) is 0 Å². The van der Waals surface area contributed by atoms with Gasteiger partial charge in [0.1, 0.15) is 5.75 Å². The molecule has 0 spiro atoms. The molecule has 16 heavy (non-hydrogen) atoms. The summed E-state index contributed by atoms with van der Waals surface area (Å²) in [6, 6.07) is 7.47. The Balaban J connectivity index is 0.00000225. The maximum atomic E-state index is 11.2. The van der Waals surface area contributed by atoms with E-state index in [-0.39, 0.29) is 13.4 Å². The van der Waals surface area contributed by atoms with Crippen LogP contribution in [0.3, 0.4) is 0 Å². The zero-order chi connectivity index (χ0) is 11.1. The maximum Gasteiger partial charge on any atom is 0.310 e. The van der Waals surface area contributed by atoms with Gasteiger partial charge in [0.15, 0.2) is 0 Å². The normalized spacial score (nSPS) is 9.12. The van der Waals surface area contributed by atoms with Crippen molar-refractivity contribution in [3.05, 3.63) is 29.8 Å². The second kappa shape index (κ2) is 7.74. The second-order valence-electron chi connectivity index (χ2n) is 3.06. The van der Waals surface area contributed by atoms with Gasteiger partial charge in [-0.1, -0.05) is 19.6 Å². The Kier molecular flexibility index (Phi) is 7.01. The molecule has 0 aliphatic carbocycles. The number of ether oxygens (including phenoxy) is 2. The van der Waals surface area contributed by atoms with Crippen LogP contribution in [0.2, 0.25) is 0 Å². The van der Waals surface area contributed by atoms with Crippen molar-refractivity contribution in [1.29, 1.82) is 0 Å². The van der Waals surface area contributed by atoms with E-state index in [9.17, 15) is 4.79 Å². The molecule has 3 nitrogen and oxygen atoms in total. The summed E-state index contributed by atoms with van der Waals surface area (Å²) in [6.45, 7) is 4.82. The average molecular weight is 224 g/mol. The van der Waals surface area contributed by atoms with Gasteiger partial charge in [0.05, 0.1) is 19.6 Å². The van der Waals surface area contributed by atoms with E-state index in [4.69, 9.17) is 9.47 Å². The number of benzene rings is 1. The lowest BCUT2D eigenvalue weighted by Gasteiger charge is -2.04. The summed E-state index contributed by atoms with van der Waals surface area (Å²) in [4.78, 5) is 11.2. The van der Waals surface area contributed by atoms with Crippen LogP contribution in [-0.4, -0.2) is 19.2 Å². The van der Waals surface area contributed by atoms with Crippen molar-refractivity contribution in [3.8, 4) is 5.75 Å². The van der Waals surface area contributed by atoms with Crippen LogP contribution >= 0.6 is 0 Å². The van der Waals surface area contributed by atoms with Gasteiger partial charge in [0, 0.05) is 0 Å². The summed E-state index contributed by atoms with van der Waals surface area (Å²) in [7, 11) is 0. The average Bonchev–Trinajstić information content (AvgIpc) is 2.22. The highest BCUT2D eigenvalue weighted by Gasteiger charge is 2.03. The van der Waals surface area contributed by atoms with Crippen LogP contribution < -0.4 is 4.74 Å². The second-order valence-corrected chi connectivity index (χ2v) is 3.06. The Hall–Kier alpha value is -1.51. The fourth-order valence-electron chi connectivity index (χ4n) is 1.25. The zero-order valence-electron chi connectivity index (χ0n) is 9.16. The van der Waals surface area contributed by atoms with Crippen molar-refractivity contribution >= 4 is 5.97 Å². The molecule has 90 valence electrons. The smallest absolute Gasteiger partial charge is 0.310 e. The van der Waals surface area contributed by atoms with Gasteiger partial charge in [0.25, 0.3) is 0 Å². The van der Waals surface area contributed by atoms with E-state index < -0.39 is 0 Å². The van der Waals surface area contributed by atoms with E-state index in [0.29, 0.717) is 19.6 Å². The topological polar surface area (TPSA) is 35.5 Å². The molecule has 0 saturated carbocycles. The quantitative estimate of drug-likeness (QED) is 0.721. The fraction of sp³-hybridized carbons (Fsp3) is 0.462. The lowest BCUT2D eigenvalue weighted by molar-refractivity contribution is -0.142. The van der Waals surface area contributed by atoms with E-state index >= 15 is 0 Å². The molecule has 0 aliphatic heterocycles. The van der Waals surface area contributed by atoms with Gasteiger partial charge in [-0.05, 0) is 31.5 Å². The number of hydrogen-bond donors (Lipinski definition) is 0. The van der Waals surface area contributed by atoms with E-state index in [1.165, 1.54) is 0 Å². The van der Waals surface area contributed by atoms with Crippen molar-refractivity contribution in [3.63, 3.8) is 0 Å². The lowest BCUT2D eigenvalue weighted by Crippen LogP contribution is -2.07. The van der Waals surface area contributed by atoms with Crippen molar-refractivity contribution in [2.45, 2.75) is 27.7 Å². The summed E-state index contributed by atoms with van der Waals surface area (Å²) in [5, 5.41) is 0. The molecule has 0 aromatic heterocycles. The Morgan fingerprint density at radius 3 is 2.25 bits per heavy atom. The van der Waals surface area contributed by atoms with Gasteiger partial charge < -0.3 is 9.47 Å². The molecule has 0 fully saturated rings. The predicted octanol–water partition coefficient (Wildman–Crippen LogP) is 2.83. The van der Waals surface area contributed by atoms with E-state index in [1.54, 1.807) is 6.92 Å². The van der Waals surface area contributed by atoms with Crippen LogP contribution in [0.15, 0.2) is 24.3 Å². The van der Waals surface area contributed by atoms with Gasteiger partial charge in [-0.25, -0.2) is 0 Å². The Labute approximate surface area is 97.4 Å². The highest BCUT2D eigenvalue weighted by atomic mass is 16.5. The first-order chi connectivity index (χ1) is 7.26. The van der Waals surface area contributed by atoms with Crippen LogP contribution in [-0.2, 0) is 16.0 Å². The van der Waals surface area contributed by atoms with Gasteiger partial charge in [-0.3, -0.25) is 4.79 Å². The van der Waals surface area contributed by atoms with Crippen LogP contribution in [0, 0.1) is 0 Å². The summed E-state index contributed by atoms with van der Waals surface area (Å²) in [5.74, 6) is 0.631. The Bertz CT molecular complexity index is 303. The maximum absolute atomic E-state index is 11.2. The molecule has 0 heterocycles. The molecule has 0 bridgehead atoms. The van der Waals surface area contributed by atoms with Gasteiger partial charge in [0.2, 0.25) is 0 Å². The molecule has 1 rings (SSSR count). The molecule has 3 heteroatoms. The molecule has 0 saturated heterocycles. The van der Waals surface area contributed by atoms with Crippen molar-refractivity contribution < 1.29 is 14.3 Å². The SMILES string of the molecule is C.CCOC(=O)Cc1ccc(OCC)cc1. The number of rotatable bonds is 5. The van der Waals surface area contributed by atoms with Crippen LogP contribution in [0.4, 0.5) is 0 Å². The van der Waals surface area contributed by atoms with Gasteiger partial charge >= 0.3 is 5.97 Å². The minimum Gasteiger partial charge on any atom is -0.494 e. The molecule has 0 unspecified atom stereocenters. The molecule has 1 aromatic carbocycles. The molecule has 0 aliphatic rings. The molecule has 1 aromatic rings. The Morgan fingerprint density at radius 2 is 1.75 bits per heavy atom. The molecule has 0 amide bonds. The summed E-state index contributed by atoms with van der Waals surface area (Å²) in [6.07, 6.45) is 0.320. The zero-order valence-corrected chi connectivity index (χ0v) is 9.16. The van der Waals surface area contributed by atoms with Crippen molar-refractivity contribution in [2.75, 3.05) is 13.2 Å². The first kappa shape index (κ1) is 14.5. The first-order valence-electron chi connectivity index (χ1n) is 5.13. The van der Waals surface area contributed by atoms with Crippen LogP contribution in [0.5, 0.6) is 5.75 Å². The van der Waals surface area contributed by atoms with E-state index in [0.717, 1.165) is 11.3 Å². The number of carbonyl (C=O) groups is 1. The minimum atomic E-state index is -0.193. The van der Waals surface area contributed by atoms with Crippen molar-refractivity contribution in [2.24, 2.45) is 0 Å². The highest BCUT2D eigenvalue weighted by molar-refractivity contribution is 5.72. The van der Waals surface area contributed by atoms with Crippen molar-refractivity contribution in [1.82, 2.24) is 0 Å². The molecule has 0 N–H and O–H groups in total. The van der Waals surface area contributed by atoms with Crippen LogP contribution in [0.1, 0.15) is 26.8 Å². The molecule has 0 radical (unpaired) electrons. The van der Waals surface area contributed by atoms with E-state index in [1.807, 2.05) is 31.2 Å². The standard InChI is InChI=1S/C12H16O3.CH4/c1-3-14-11-7-5-10(6-8-11)9-12(13)15-4-2;/h5-8H,3-4,9H2,1-2H3;1H4. The first-order valence-corrected chi connectivity index (χ1v) is 5.13. The number of carbonyl (C=O) groups excluding carboxylic acids is 1. The summed E-state index contributed by atoms with van der Waals surface area (Å²) >= 11 is 0. The third kappa shape index (κ3) is 4.82. The Morgan fingerprint density at radius 1 is 1.12 bits per heavy atom. The monoisotopic (exact) mass is 224 g/mol. The summed E-state index contributed by atoms with van der Waals surface area (Å²) < 4.78 is 10.2.